The second-order valence-electron chi connectivity index (χ2n) is 8.38. The molecule has 1 fully saturated rings. The zero-order valence-electron chi connectivity index (χ0n) is 19.6. The van der Waals surface area contributed by atoms with Crippen LogP contribution in [0.1, 0.15) is 48.8 Å². The number of nitrogens with one attached hydrogen (secondary N) is 2. The summed E-state index contributed by atoms with van der Waals surface area (Å²) in [6.45, 7) is 11.9. The highest BCUT2D eigenvalue weighted by Crippen LogP contribution is 2.23. The van der Waals surface area contributed by atoms with Gasteiger partial charge in [0.25, 0.3) is 0 Å². The molecule has 1 amide bonds. The Hall–Kier alpha value is -2.10. The van der Waals surface area contributed by atoms with Crippen LogP contribution < -0.4 is 10.6 Å². The van der Waals surface area contributed by atoms with Crippen LogP contribution in [0.5, 0.6) is 0 Å². The fourth-order valence-electron chi connectivity index (χ4n) is 4.21. The third kappa shape index (κ3) is 7.21. The first kappa shape index (κ1) is 26.2. The van der Waals surface area contributed by atoms with E-state index in [9.17, 15) is 4.79 Å². The molecule has 1 aliphatic heterocycles. The second kappa shape index (κ2) is 12.8. The van der Waals surface area contributed by atoms with Crippen molar-refractivity contribution < 1.29 is 9.32 Å². The van der Waals surface area contributed by atoms with Crippen molar-refractivity contribution in [3.63, 3.8) is 0 Å². The third-order valence-electron chi connectivity index (χ3n) is 5.81. The number of aromatic nitrogens is 1. The fourth-order valence-corrected chi connectivity index (χ4v) is 4.21. The Labute approximate surface area is 208 Å². The summed E-state index contributed by atoms with van der Waals surface area (Å²) in [4.78, 5) is 19.2. The molecule has 2 unspecified atom stereocenters. The van der Waals surface area contributed by atoms with Crippen LogP contribution in [0.4, 0.5) is 0 Å². The highest BCUT2D eigenvalue weighted by Gasteiger charge is 2.29. The Morgan fingerprint density at radius 1 is 1.28 bits per heavy atom. The number of aliphatic imine (C=N–C) groups is 1. The maximum Gasteiger partial charge on any atom is 0.223 e. The number of rotatable bonds is 9. The summed E-state index contributed by atoms with van der Waals surface area (Å²) in [5.41, 5.74) is 3.33. The molecule has 2 heterocycles. The number of likely N-dealkylation sites (tertiary alicyclic amines) is 1. The summed E-state index contributed by atoms with van der Waals surface area (Å²) < 4.78 is 5.29. The normalized spacial score (nSPS) is 17.2. The van der Waals surface area contributed by atoms with Gasteiger partial charge in [0, 0.05) is 56.5 Å². The van der Waals surface area contributed by atoms with Gasteiger partial charge in [-0.05, 0) is 32.8 Å². The zero-order chi connectivity index (χ0) is 22.2. The van der Waals surface area contributed by atoms with E-state index in [1.165, 1.54) is 5.56 Å². The highest BCUT2D eigenvalue weighted by molar-refractivity contribution is 14.0. The number of aryl methyl sites for hydroxylation is 2. The average Bonchev–Trinajstić information content (AvgIpc) is 3.29. The van der Waals surface area contributed by atoms with Crippen LogP contribution >= 0.6 is 24.0 Å². The van der Waals surface area contributed by atoms with Gasteiger partial charge in [0.05, 0.1) is 5.69 Å². The van der Waals surface area contributed by atoms with Gasteiger partial charge in [-0.1, -0.05) is 42.4 Å². The fraction of sp³-hybridized carbons (Fsp3) is 0.542. The van der Waals surface area contributed by atoms with E-state index in [1.807, 2.05) is 36.9 Å². The van der Waals surface area contributed by atoms with E-state index in [4.69, 9.17) is 9.52 Å². The van der Waals surface area contributed by atoms with Crippen LogP contribution in [-0.4, -0.2) is 54.6 Å². The number of carbonyl (C=O) groups is 1. The molecule has 0 radical (unpaired) electrons. The van der Waals surface area contributed by atoms with E-state index in [0.717, 1.165) is 55.6 Å². The summed E-state index contributed by atoms with van der Waals surface area (Å²) in [7, 11) is 0. The van der Waals surface area contributed by atoms with Gasteiger partial charge < -0.3 is 20.1 Å². The number of hydrogen-bond donors (Lipinski definition) is 2. The molecule has 8 heteroatoms. The van der Waals surface area contributed by atoms with E-state index in [0.29, 0.717) is 18.9 Å². The monoisotopic (exact) mass is 553 g/mol. The Balaban J connectivity index is 0.00000363. The molecule has 1 saturated heterocycles. The quantitative estimate of drug-likeness (QED) is 0.282. The first-order valence-electron chi connectivity index (χ1n) is 11.2. The molecule has 0 spiro atoms. The molecule has 2 aromatic rings. The van der Waals surface area contributed by atoms with Crippen molar-refractivity contribution in [1.82, 2.24) is 20.7 Å². The predicted octanol–water partition coefficient (Wildman–Crippen LogP) is 3.66. The SMILES string of the molecule is CCNC(=NCC(C)c1c(C)noc1C)NCC1CC(=O)N(CCc2ccccc2)C1.I. The van der Waals surface area contributed by atoms with E-state index in [-0.39, 0.29) is 35.8 Å². The molecule has 0 aliphatic carbocycles. The summed E-state index contributed by atoms with van der Waals surface area (Å²) in [5, 5.41) is 10.8. The average molecular weight is 553 g/mol. The minimum atomic E-state index is 0. The van der Waals surface area contributed by atoms with Crippen LogP contribution in [0.15, 0.2) is 39.8 Å². The number of halogens is 1. The second-order valence-corrected chi connectivity index (χ2v) is 8.38. The van der Waals surface area contributed by atoms with Crippen molar-refractivity contribution in [2.24, 2.45) is 10.9 Å². The molecule has 2 atom stereocenters. The van der Waals surface area contributed by atoms with E-state index in [1.54, 1.807) is 0 Å². The van der Waals surface area contributed by atoms with Crippen LogP contribution in [0.25, 0.3) is 0 Å². The van der Waals surface area contributed by atoms with Crippen molar-refractivity contribution in [2.75, 3.05) is 32.7 Å². The Kier molecular flexibility index (Phi) is 10.5. The summed E-state index contributed by atoms with van der Waals surface area (Å²) >= 11 is 0. The van der Waals surface area contributed by atoms with Gasteiger partial charge in [0.1, 0.15) is 5.76 Å². The maximum atomic E-state index is 12.4. The van der Waals surface area contributed by atoms with Gasteiger partial charge in [0.15, 0.2) is 5.96 Å². The molecule has 7 nitrogen and oxygen atoms in total. The summed E-state index contributed by atoms with van der Waals surface area (Å²) in [6, 6.07) is 10.3. The molecule has 0 saturated carbocycles. The van der Waals surface area contributed by atoms with Crippen LogP contribution in [0.3, 0.4) is 0 Å². The van der Waals surface area contributed by atoms with Gasteiger partial charge >= 0.3 is 0 Å². The number of hydrogen-bond acceptors (Lipinski definition) is 4. The van der Waals surface area contributed by atoms with Crippen molar-refractivity contribution in [1.29, 1.82) is 0 Å². The van der Waals surface area contributed by atoms with Crippen molar-refractivity contribution in [3.05, 3.63) is 52.9 Å². The number of carbonyl (C=O) groups excluding carboxylic acids is 1. The molecule has 3 rings (SSSR count). The molecular formula is C24H36IN5O2. The molecule has 2 N–H and O–H groups in total. The lowest BCUT2D eigenvalue weighted by atomic mass is 10.00. The Morgan fingerprint density at radius 3 is 2.69 bits per heavy atom. The van der Waals surface area contributed by atoms with Crippen molar-refractivity contribution >= 4 is 35.8 Å². The number of guanidine groups is 1. The largest absolute Gasteiger partial charge is 0.361 e. The van der Waals surface area contributed by atoms with E-state index in [2.05, 4.69) is 41.8 Å². The van der Waals surface area contributed by atoms with Crippen molar-refractivity contribution in [3.8, 4) is 0 Å². The Morgan fingerprint density at radius 2 is 2.03 bits per heavy atom. The first-order chi connectivity index (χ1) is 15.0. The molecule has 176 valence electrons. The van der Waals surface area contributed by atoms with Crippen molar-refractivity contribution in [2.45, 2.75) is 46.5 Å². The van der Waals surface area contributed by atoms with Gasteiger partial charge in [-0.15, -0.1) is 24.0 Å². The molecule has 0 bridgehead atoms. The minimum absolute atomic E-state index is 0. The molecule has 32 heavy (non-hydrogen) atoms. The van der Waals surface area contributed by atoms with Crippen LogP contribution in [0.2, 0.25) is 0 Å². The van der Waals surface area contributed by atoms with Crippen LogP contribution in [0, 0.1) is 19.8 Å². The van der Waals surface area contributed by atoms with Gasteiger partial charge in [-0.3, -0.25) is 9.79 Å². The van der Waals surface area contributed by atoms with Gasteiger partial charge in [-0.2, -0.15) is 0 Å². The highest BCUT2D eigenvalue weighted by atomic mass is 127. The standard InChI is InChI=1S/C24H35N5O2.HI/c1-5-25-24(26-14-17(2)23-18(3)28-31-19(23)4)27-15-21-13-22(30)29(16-21)12-11-20-9-7-6-8-10-20;/h6-10,17,21H,5,11-16H2,1-4H3,(H2,25,26,27);1H. The number of benzene rings is 1. The lowest BCUT2D eigenvalue weighted by Crippen LogP contribution is -2.40. The van der Waals surface area contributed by atoms with Gasteiger partial charge in [0.2, 0.25) is 5.91 Å². The predicted molar refractivity (Wildman–Crippen MR) is 139 cm³/mol. The zero-order valence-corrected chi connectivity index (χ0v) is 21.9. The number of amides is 1. The lowest BCUT2D eigenvalue weighted by molar-refractivity contribution is -0.127. The molecule has 1 aliphatic rings. The van der Waals surface area contributed by atoms with Crippen LogP contribution in [-0.2, 0) is 11.2 Å². The van der Waals surface area contributed by atoms with Gasteiger partial charge in [-0.25, -0.2) is 0 Å². The molecule has 1 aromatic carbocycles. The van der Waals surface area contributed by atoms with E-state index >= 15 is 0 Å². The smallest absolute Gasteiger partial charge is 0.223 e. The first-order valence-corrected chi connectivity index (χ1v) is 11.2. The third-order valence-corrected chi connectivity index (χ3v) is 5.81. The minimum Gasteiger partial charge on any atom is -0.361 e. The number of nitrogens with zero attached hydrogens (tertiary/aromatic N) is 3. The summed E-state index contributed by atoms with van der Waals surface area (Å²) in [5.74, 6) is 2.42. The molecular weight excluding hydrogens is 517 g/mol. The molecule has 1 aromatic heterocycles. The van der Waals surface area contributed by atoms with E-state index < -0.39 is 0 Å². The Bertz CT molecular complexity index is 864. The topological polar surface area (TPSA) is 82.8 Å². The lowest BCUT2D eigenvalue weighted by Gasteiger charge is -2.18. The summed E-state index contributed by atoms with van der Waals surface area (Å²) in [6.07, 6.45) is 1.49. The maximum absolute atomic E-state index is 12.4.